The highest BCUT2D eigenvalue weighted by Gasteiger charge is 2.16. The fraction of sp³-hybridized carbons (Fsp3) is 0.417. The summed E-state index contributed by atoms with van der Waals surface area (Å²) < 4.78 is 5.21. The maximum atomic E-state index is 12.4. The van der Waals surface area contributed by atoms with E-state index in [1.54, 1.807) is 18.2 Å². The van der Waals surface area contributed by atoms with Crippen molar-refractivity contribution in [3.63, 3.8) is 0 Å². The van der Waals surface area contributed by atoms with E-state index in [2.05, 4.69) is 29.3 Å². The highest BCUT2D eigenvalue weighted by Crippen LogP contribution is 2.21. The Balaban J connectivity index is 1.46. The lowest BCUT2D eigenvalue weighted by Gasteiger charge is -2.30. The molecule has 0 aliphatic carbocycles. The zero-order valence-corrected chi connectivity index (χ0v) is 17.3. The third-order valence-electron chi connectivity index (χ3n) is 5.51. The van der Waals surface area contributed by atoms with E-state index in [-0.39, 0.29) is 24.5 Å². The van der Waals surface area contributed by atoms with Gasteiger partial charge >= 0.3 is 0 Å². The zero-order valence-electron chi connectivity index (χ0n) is 17.3. The minimum atomic E-state index is -0.161. The molecule has 0 atom stereocenters. The van der Waals surface area contributed by atoms with Crippen molar-refractivity contribution < 1.29 is 14.3 Å². The van der Waals surface area contributed by atoms with Crippen LogP contribution >= 0.6 is 0 Å². The van der Waals surface area contributed by atoms with Gasteiger partial charge in [0.1, 0.15) is 5.75 Å². The van der Waals surface area contributed by atoms with Crippen molar-refractivity contribution in [2.45, 2.75) is 39.2 Å². The number of anilines is 1. The number of hydrogen-bond donors (Lipinski definition) is 1. The first-order chi connectivity index (χ1) is 14.0. The van der Waals surface area contributed by atoms with Gasteiger partial charge in [0.25, 0.3) is 0 Å². The summed E-state index contributed by atoms with van der Waals surface area (Å²) in [7, 11) is 1.54. The van der Waals surface area contributed by atoms with E-state index in [0.717, 1.165) is 31.2 Å². The lowest BCUT2D eigenvalue weighted by molar-refractivity contribution is -0.116. The van der Waals surface area contributed by atoms with Crippen molar-refractivity contribution in [2.75, 3.05) is 25.5 Å². The summed E-state index contributed by atoms with van der Waals surface area (Å²) in [5.41, 5.74) is 2.53. The number of carbonyl (C=O) groups excluding carboxylic acids is 2. The normalized spacial score (nSPS) is 15.1. The Bertz CT molecular complexity index is 824. The van der Waals surface area contributed by atoms with Crippen LogP contribution in [0, 0.1) is 5.92 Å². The number of nitrogens with one attached hydrogen (secondary N) is 1. The largest absolute Gasteiger partial charge is 0.496 e. The third kappa shape index (κ3) is 6.16. The zero-order chi connectivity index (χ0) is 20.6. The van der Waals surface area contributed by atoms with E-state index in [1.165, 1.54) is 25.5 Å². The molecule has 0 bridgehead atoms. The second kappa shape index (κ2) is 10.2. The summed E-state index contributed by atoms with van der Waals surface area (Å²) in [5, 5.41) is 2.88. The van der Waals surface area contributed by atoms with Gasteiger partial charge in [-0.3, -0.25) is 14.5 Å². The molecule has 2 aromatic carbocycles. The SMILES string of the molecule is COc1ccccc1C(=O)CCC(=O)Nc1ccc(CN2CCC(C)CC2)cc1. The van der Waals surface area contributed by atoms with Gasteiger partial charge in [0.15, 0.2) is 5.78 Å². The molecule has 5 heteroatoms. The van der Waals surface area contributed by atoms with Crippen LogP contribution in [-0.4, -0.2) is 36.8 Å². The fourth-order valence-corrected chi connectivity index (χ4v) is 3.63. The van der Waals surface area contributed by atoms with Crippen LogP contribution < -0.4 is 10.1 Å². The number of nitrogens with zero attached hydrogens (tertiary/aromatic N) is 1. The third-order valence-corrected chi connectivity index (χ3v) is 5.51. The van der Waals surface area contributed by atoms with Crippen molar-refractivity contribution in [3.8, 4) is 5.75 Å². The molecular weight excluding hydrogens is 364 g/mol. The predicted molar refractivity (Wildman–Crippen MR) is 115 cm³/mol. The number of methoxy groups -OCH3 is 1. The average molecular weight is 395 g/mol. The van der Waals surface area contributed by atoms with Gasteiger partial charge in [-0.25, -0.2) is 0 Å². The Labute approximate surface area is 173 Å². The summed E-state index contributed by atoms with van der Waals surface area (Å²) in [6, 6.07) is 15.1. The number of para-hydroxylation sites is 1. The maximum Gasteiger partial charge on any atom is 0.224 e. The Morgan fingerprint density at radius 3 is 2.41 bits per heavy atom. The van der Waals surface area contributed by atoms with E-state index < -0.39 is 0 Å². The van der Waals surface area contributed by atoms with Gasteiger partial charge in [0.2, 0.25) is 5.91 Å². The van der Waals surface area contributed by atoms with Gasteiger partial charge in [-0.05, 0) is 61.7 Å². The summed E-state index contributed by atoms with van der Waals surface area (Å²) >= 11 is 0. The number of carbonyl (C=O) groups is 2. The Hall–Kier alpha value is -2.66. The van der Waals surface area contributed by atoms with E-state index >= 15 is 0 Å². The molecule has 0 unspecified atom stereocenters. The highest BCUT2D eigenvalue weighted by molar-refractivity contribution is 6.01. The molecule has 5 nitrogen and oxygen atoms in total. The molecule has 0 spiro atoms. The molecule has 1 amide bonds. The Morgan fingerprint density at radius 2 is 1.72 bits per heavy atom. The highest BCUT2D eigenvalue weighted by atomic mass is 16.5. The minimum absolute atomic E-state index is 0.0937. The number of piperidine rings is 1. The van der Waals surface area contributed by atoms with Gasteiger partial charge in [-0.15, -0.1) is 0 Å². The van der Waals surface area contributed by atoms with Crippen LogP contribution in [0.4, 0.5) is 5.69 Å². The lowest BCUT2D eigenvalue weighted by atomic mass is 9.99. The minimum Gasteiger partial charge on any atom is -0.496 e. The molecule has 2 aromatic rings. The number of Topliss-reactive ketones (excluding diaryl/α,β-unsaturated/α-hetero) is 1. The van der Waals surface area contributed by atoms with E-state index in [1.807, 2.05) is 18.2 Å². The van der Waals surface area contributed by atoms with Gasteiger partial charge < -0.3 is 10.1 Å². The van der Waals surface area contributed by atoms with Gasteiger partial charge in [-0.1, -0.05) is 31.2 Å². The molecule has 1 N–H and O–H groups in total. The first-order valence-electron chi connectivity index (χ1n) is 10.3. The van der Waals surface area contributed by atoms with Crippen molar-refractivity contribution in [1.82, 2.24) is 4.90 Å². The molecule has 29 heavy (non-hydrogen) atoms. The summed E-state index contributed by atoms with van der Waals surface area (Å²) in [6.07, 6.45) is 2.83. The number of ether oxygens (including phenoxy) is 1. The summed E-state index contributed by atoms with van der Waals surface area (Å²) in [5.74, 6) is 1.12. The number of amides is 1. The molecule has 0 radical (unpaired) electrons. The van der Waals surface area contributed by atoms with E-state index in [9.17, 15) is 9.59 Å². The van der Waals surface area contributed by atoms with Gasteiger partial charge in [0.05, 0.1) is 12.7 Å². The van der Waals surface area contributed by atoms with Crippen molar-refractivity contribution in [1.29, 1.82) is 0 Å². The number of hydrogen-bond acceptors (Lipinski definition) is 4. The Kier molecular flexibility index (Phi) is 7.42. The van der Waals surface area contributed by atoms with Crippen molar-refractivity contribution in [3.05, 3.63) is 59.7 Å². The van der Waals surface area contributed by atoms with Crippen molar-refractivity contribution in [2.24, 2.45) is 5.92 Å². The van der Waals surface area contributed by atoms with Crippen LogP contribution in [0.2, 0.25) is 0 Å². The number of likely N-dealkylation sites (tertiary alicyclic amines) is 1. The first-order valence-corrected chi connectivity index (χ1v) is 10.3. The quantitative estimate of drug-likeness (QED) is 0.669. The number of benzene rings is 2. The topological polar surface area (TPSA) is 58.6 Å². The van der Waals surface area contributed by atoms with E-state index in [4.69, 9.17) is 4.74 Å². The standard InChI is InChI=1S/C24H30N2O3/c1-18-13-15-26(16-14-18)17-19-7-9-20(10-8-19)25-24(28)12-11-22(27)21-5-3-4-6-23(21)29-2/h3-10,18H,11-17H2,1-2H3,(H,25,28). The number of ketones is 1. The molecular formula is C24H30N2O3. The summed E-state index contributed by atoms with van der Waals surface area (Å²) in [4.78, 5) is 27.1. The van der Waals surface area contributed by atoms with Crippen LogP contribution in [-0.2, 0) is 11.3 Å². The van der Waals surface area contributed by atoms with Crippen LogP contribution in [0.25, 0.3) is 0 Å². The molecule has 1 heterocycles. The molecule has 1 saturated heterocycles. The predicted octanol–water partition coefficient (Wildman–Crippen LogP) is 4.53. The van der Waals surface area contributed by atoms with E-state index in [0.29, 0.717) is 11.3 Å². The van der Waals surface area contributed by atoms with Gasteiger partial charge in [0, 0.05) is 25.1 Å². The Morgan fingerprint density at radius 1 is 1.03 bits per heavy atom. The fourth-order valence-electron chi connectivity index (χ4n) is 3.63. The molecule has 1 aliphatic heterocycles. The molecule has 0 aromatic heterocycles. The molecule has 1 aliphatic rings. The maximum absolute atomic E-state index is 12.4. The smallest absolute Gasteiger partial charge is 0.224 e. The van der Waals surface area contributed by atoms with Crippen molar-refractivity contribution >= 4 is 17.4 Å². The first kappa shape index (κ1) is 21.1. The van der Waals surface area contributed by atoms with Crippen LogP contribution in [0.1, 0.15) is 48.5 Å². The average Bonchev–Trinajstić information content (AvgIpc) is 2.75. The molecule has 154 valence electrons. The second-order valence-corrected chi connectivity index (χ2v) is 7.83. The lowest BCUT2D eigenvalue weighted by Crippen LogP contribution is -2.32. The summed E-state index contributed by atoms with van der Waals surface area (Å²) in [6.45, 7) is 5.58. The molecule has 1 fully saturated rings. The number of rotatable bonds is 8. The van der Waals surface area contributed by atoms with Crippen LogP contribution in [0.5, 0.6) is 5.75 Å². The second-order valence-electron chi connectivity index (χ2n) is 7.83. The van der Waals surface area contributed by atoms with Gasteiger partial charge in [-0.2, -0.15) is 0 Å². The monoisotopic (exact) mass is 394 g/mol. The molecule has 0 saturated carbocycles. The molecule has 3 rings (SSSR count). The van der Waals surface area contributed by atoms with Crippen LogP contribution in [0.3, 0.4) is 0 Å². The van der Waals surface area contributed by atoms with Crippen LogP contribution in [0.15, 0.2) is 48.5 Å².